The van der Waals surface area contributed by atoms with Crippen LogP contribution in [0.25, 0.3) is 10.9 Å². The number of phenolic OH excluding ortho intramolecular Hbond substituents is 1. The smallest absolute Gasteiger partial charge is 0.326 e. The van der Waals surface area contributed by atoms with Crippen molar-refractivity contribution < 1.29 is 39.0 Å². The van der Waals surface area contributed by atoms with E-state index in [-0.39, 0.29) is 31.4 Å². The van der Waals surface area contributed by atoms with E-state index in [0.29, 0.717) is 36.1 Å². The maximum atomic E-state index is 14.4. The third kappa shape index (κ3) is 13.7. The van der Waals surface area contributed by atoms with Gasteiger partial charge in [-0.1, -0.05) is 74.5 Å². The second-order valence-corrected chi connectivity index (χ2v) is 15.0. The molecule has 316 valence electrons. The Hall–Kier alpha value is -6.26. The van der Waals surface area contributed by atoms with Gasteiger partial charge in [0.1, 0.15) is 36.0 Å². The van der Waals surface area contributed by atoms with Gasteiger partial charge < -0.3 is 53.2 Å². The largest absolute Gasteiger partial charge is 0.508 e. The van der Waals surface area contributed by atoms with Gasteiger partial charge in [0, 0.05) is 36.4 Å². The van der Waals surface area contributed by atoms with Crippen molar-refractivity contribution in [1.29, 1.82) is 0 Å². The number of aliphatic carboxylic acids is 1. The minimum Gasteiger partial charge on any atom is -0.508 e. The van der Waals surface area contributed by atoms with Gasteiger partial charge in [0.15, 0.2) is 0 Å². The Morgan fingerprint density at radius 2 is 1.17 bits per heavy atom. The molecule has 0 saturated carbocycles. The van der Waals surface area contributed by atoms with Crippen molar-refractivity contribution in [3.05, 3.63) is 102 Å². The second-order valence-electron chi connectivity index (χ2n) is 15.0. The van der Waals surface area contributed by atoms with Crippen LogP contribution < -0.4 is 38.1 Å². The first-order valence-corrected chi connectivity index (χ1v) is 19.7. The molecule has 0 radical (unpaired) electrons. The molecule has 4 aromatic rings. The van der Waals surface area contributed by atoms with Gasteiger partial charge in [0.05, 0.1) is 6.04 Å². The van der Waals surface area contributed by atoms with Crippen molar-refractivity contribution >= 4 is 46.4 Å². The number of rotatable bonds is 22. The third-order valence-corrected chi connectivity index (χ3v) is 9.88. The zero-order chi connectivity index (χ0) is 43.1. The lowest BCUT2D eigenvalue weighted by molar-refractivity contribution is -0.142. The molecule has 3 aromatic carbocycles. The number of carboxylic acids is 1. The van der Waals surface area contributed by atoms with Gasteiger partial charge in [-0.15, -0.1) is 0 Å². The topological polar surface area (TPSA) is 271 Å². The minimum atomic E-state index is -1.27. The van der Waals surface area contributed by atoms with Crippen LogP contribution in [-0.2, 0) is 48.0 Å². The first-order chi connectivity index (χ1) is 28.2. The number of fused-ring (bicyclic) bond motifs is 1. The van der Waals surface area contributed by atoms with E-state index < -0.39 is 77.7 Å². The van der Waals surface area contributed by atoms with Crippen LogP contribution in [0.4, 0.5) is 0 Å². The molecule has 59 heavy (non-hydrogen) atoms. The van der Waals surface area contributed by atoms with Gasteiger partial charge in [-0.05, 0) is 73.5 Å². The Morgan fingerprint density at radius 1 is 0.627 bits per heavy atom. The van der Waals surface area contributed by atoms with Crippen molar-refractivity contribution in [2.75, 3.05) is 6.54 Å². The number of hydrogen-bond acceptors (Lipinski definition) is 9. The van der Waals surface area contributed by atoms with E-state index >= 15 is 0 Å². The zero-order valence-electron chi connectivity index (χ0n) is 33.6. The molecule has 0 bridgehead atoms. The molecule has 16 heteroatoms. The highest BCUT2D eigenvalue weighted by molar-refractivity contribution is 5.97. The van der Waals surface area contributed by atoms with Gasteiger partial charge in [-0.3, -0.25) is 24.0 Å². The Morgan fingerprint density at radius 3 is 1.80 bits per heavy atom. The summed E-state index contributed by atoms with van der Waals surface area (Å²) >= 11 is 0. The predicted octanol–water partition coefficient (Wildman–Crippen LogP) is 1.54. The van der Waals surface area contributed by atoms with E-state index in [0.717, 1.165) is 10.9 Å². The molecule has 5 amide bonds. The summed E-state index contributed by atoms with van der Waals surface area (Å²) in [5.41, 5.74) is 14.4. The van der Waals surface area contributed by atoms with Crippen LogP contribution in [0.1, 0.15) is 56.7 Å². The summed E-state index contributed by atoms with van der Waals surface area (Å²) in [6.07, 6.45) is 2.83. The maximum Gasteiger partial charge on any atom is 0.326 e. The van der Waals surface area contributed by atoms with E-state index in [1.54, 1.807) is 62.5 Å². The molecule has 1 heterocycles. The molecule has 16 nitrogen and oxygen atoms in total. The standard InChI is InChI=1S/C43H56N8O8/c1-25(2)37(42(57)50-36(43(58)59)22-27-11-5-4-6-12-27)51-39(54)33(15-9-10-20-44)47-41(56)35(23-29-24-46-32-14-8-7-13-31(29)32)49-40(55)34(48-38(53)26(3)45)21-28-16-18-30(52)19-17-28/h4-8,11-14,16-19,24-26,33-37,46,52H,9-10,15,20-23,44-45H2,1-3H3,(H,47,56)(H,48,53)(H,49,55)(H,50,57)(H,51,54)(H,58,59)/t26-,33-,34-,35-,36-,37-/m0/s1. The van der Waals surface area contributed by atoms with Gasteiger partial charge in [0.2, 0.25) is 29.5 Å². The third-order valence-electron chi connectivity index (χ3n) is 9.88. The van der Waals surface area contributed by atoms with Crippen molar-refractivity contribution in [3.8, 4) is 5.75 Å². The summed E-state index contributed by atoms with van der Waals surface area (Å²) in [6.45, 7) is 5.19. The number of carbonyl (C=O) groups excluding carboxylic acids is 5. The molecular weight excluding hydrogens is 757 g/mol. The number of H-pyrrole nitrogens is 1. The van der Waals surface area contributed by atoms with Gasteiger partial charge >= 0.3 is 5.97 Å². The average Bonchev–Trinajstić information content (AvgIpc) is 3.62. The number of para-hydroxylation sites is 1. The highest BCUT2D eigenvalue weighted by Crippen LogP contribution is 2.20. The molecule has 0 aliphatic heterocycles. The Kier molecular flexibility index (Phi) is 17.0. The summed E-state index contributed by atoms with van der Waals surface area (Å²) in [7, 11) is 0. The number of aromatic amines is 1. The van der Waals surface area contributed by atoms with Gasteiger partial charge in [-0.25, -0.2) is 4.79 Å². The van der Waals surface area contributed by atoms with Crippen molar-refractivity contribution in [1.82, 2.24) is 31.6 Å². The highest BCUT2D eigenvalue weighted by atomic mass is 16.4. The summed E-state index contributed by atoms with van der Waals surface area (Å²) in [5, 5.41) is 34.0. The van der Waals surface area contributed by atoms with Gasteiger partial charge in [-0.2, -0.15) is 0 Å². The van der Waals surface area contributed by atoms with E-state index in [9.17, 15) is 39.0 Å². The Labute approximate surface area is 343 Å². The molecule has 12 N–H and O–H groups in total. The fraction of sp³-hybridized carbons (Fsp3) is 0.395. The van der Waals surface area contributed by atoms with E-state index in [4.69, 9.17) is 11.5 Å². The first kappa shape index (κ1) is 45.4. The lowest BCUT2D eigenvalue weighted by Crippen LogP contribution is -2.60. The number of benzene rings is 3. The lowest BCUT2D eigenvalue weighted by atomic mass is 9.99. The van der Waals surface area contributed by atoms with Crippen molar-refractivity contribution in [2.24, 2.45) is 17.4 Å². The van der Waals surface area contributed by atoms with Crippen LogP contribution in [0, 0.1) is 5.92 Å². The van der Waals surface area contributed by atoms with Crippen LogP contribution in [0.5, 0.6) is 5.75 Å². The summed E-state index contributed by atoms with van der Waals surface area (Å²) < 4.78 is 0. The van der Waals surface area contributed by atoms with Crippen LogP contribution in [0.3, 0.4) is 0 Å². The molecule has 0 spiro atoms. The van der Waals surface area contributed by atoms with Crippen LogP contribution in [-0.4, -0.2) is 93.5 Å². The molecule has 0 saturated heterocycles. The number of aromatic nitrogens is 1. The summed E-state index contributed by atoms with van der Waals surface area (Å²) in [5.74, 6) is -5.11. The number of carboxylic acid groups (broad SMARTS) is 1. The second kappa shape index (κ2) is 22.0. The Balaban J connectivity index is 1.60. The predicted molar refractivity (Wildman–Crippen MR) is 223 cm³/mol. The number of unbranched alkanes of at least 4 members (excludes halogenated alkanes) is 1. The van der Waals surface area contributed by atoms with Crippen LogP contribution in [0.2, 0.25) is 0 Å². The quantitative estimate of drug-likeness (QED) is 0.0512. The number of carbonyl (C=O) groups is 6. The normalized spacial score (nSPS) is 14.3. The first-order valence-electron chi connectivity index (χ1n) is 19.7. The number of phenols is 1. The number of nitrogens with one attached hydrogen (secondary N) is 6. The molecule has 6 atom stereocenters. The average molecular weight is 813 g/mol. The lowest BCUT2D eigenvalue weighted by Gasteiger charge is -2.28. The number of nitrogens with two attached hydrogens (primary N) is 2. The van der Waals surface area contributed by atoms with Crippen LogP contribution in [0.15, 0.2) is 85.1 Å². The maximum absolute atomic E-state index is 14.4. The molecule has 0 aliphatic rings. The molecule has 4 rings (SSSR count). The molecule has 0 fully saturated rings. The van der Waals surface area contributed by atoms with Crippen LogP contribution >= 0.6 is 0 Å². The molecule has 0 unspecified atom stereocenters. The van der Waals surface area contributed by atoms with Crippen molar-refractivity contribution in [2.45, 2.75) is 95.5 Å². The minimum absolute atomic E-state index is 0.00283. The van der Waals surface area contributed by atoms with E-state index in [1.807, 2.05) is 24.3 Å². The van der Waals surface area contributed by atoms with E-state index in [2.05, 4.69) is 31.6 Å². The molecule has 0 aliphatic carbocycles. The number of amides is 5. The molecular formula is C43H56N8O8. The van der Waals surface area contributed by atoms with Crippen molar-refractivity contribution in [3.63, 3.8) is 0 Å². The number of hydrogen-bond donors (Lipinski definition) is 10. The fourth-order valence-electron chi connectivity index (χ4n) is 6.52. The molecule has 1 aromatic heterocycles. The number of aromatic hydroxyl groups is 1. The highest BCUT2D eigenvalue weighted by Gasteiger charge is 2.34. The Bertz CT molecular complexity index is 2040. The SMILES string of the molecule is CC(C)[C@H](NC(=O)[C@H](CCCCN)NC(=O)[C@H](Cc1c[nH]c2ccccc12)NC(=O)[C@H](Cc1ccc(O)cc1)NC(=O)[C@H](C)N)C(=O)N[C@@H](Cc1ccccc1)C(=O)O. The van der Waals surface area contributed by atoms with Gasteiger partial charge in [0.25, 0.3) is 0 Å². The zero-order valence-corrected chi connectivity index (χ0v) is 33.6. The monoisotopic (exact) mass is 812 g/mol. The van der Waals surface area contributed by atoms with E-state index in [1.165, 1.54) is 19.1 Å². The summed E-state index contributed by atoms with van der Waals surface area (Å²) in [4.78, 5) is 84.2. The fourth-order valence-corrected chi connectivity index (χ4v) is 6.52. The summed E-state index contributed by atoms with van der Waals surface area (Å²) in [6, 6.07) is 15.3.